The Labute approximate surface area is 543 Å². The van der Waals surface area contributed by atoms with Crippen LogP contribution in [0.3, 0.4) is 0 Å². The number of esters is 4. The molecule has 0 aromatic heterocycles. The standard InChI is InChI=1S/C70H136O17P2/c1-6-9-12-15-18-21-23-25-26-27-28-29-30-31-33-36-39-45-50-55-69(74)86-65(59-81-68(73)54-49-44-38-35-32-24-22-19-16-13-10-7-2)61-84-88(76,77)82-57-64(71)58-83-89(78,79)85-62-66(87-70(75)56-51-46-41-40-42-47-52-63(4)5)60-80-67(72)53-48-43-37-34-20-17-14-11-8-3/h63-66,71H,6-62H2,1-5H3,(H,76,77)(H,78,79)/t64-,65-,66-/m1/s1. The van der Waals surface area contributed by atoms with Crippen LogP contribution in [-0.4, -0.2) is 96.7 Å². The average Bonchev–Trinajstić information content (AvgIpc) is 3.71. The van der Waals surface area contributed by atoms with Crippen molar-refractivity contribution in [3.8, 4) is 0 Å². The molecular weight excluding hydrogens is 1170 g/mol. The summed E-state index contributed by atoms with van der Waals surface area (Å²) in [6, 6.07) is 0. The number of ether oxygens (including phenoxy) is 4. The zero-order chi connectivity index (χ0) is 65.6. The fraction of sp³-hybridized carbons (Fsp3) is 0.943. The van der Waals surface area contributed by atoms with Gasteiger partial charge >= 0.3 is 39.5 Å². The molecule has 17 nitrogen and oxygen atoms in total. The molecule has 0 radical (unpaired) electrons. The molecule has 0 aromatic rings. The van der Waals surface area contributed by atoms with E-state index in [0.717, 1.165) is 89.9 Å². The van der Waals surface area contributed by atoms with Gasteiger partial charge in [0.05, 0.1) is 26.4 Å². The van der Waals surface area contributed by atoms with E-state index < -0.39 is 97.5 Å². The normalized spacial score (nSPS) is 14.1. The summed E-state index contributed by atoms with van der Waals surface area (Å²) in [5.74, 6) is -1.46. The molecule has 5 atom stereocenters. The van der Waals surface area contributed by atoms with Crippen molar-refractivity contribution in [2.24, 2.45) is 5.92 Å². The lowest BCUT2D eigenvalue weighted by Crippen LogP contribution is -2.30. The van der Waals surface area contributed by atoms with Crippen LogP contribution in [0.4, 0.5) is 0 Å². The first-order valence-electron chi connectivity index (χ1n) is 36.6. The molecule has 0 fully saturated rings. The van der Waals surface area contributed by atoms with Gasteiger partial charge in [-0.2, -0.15) is 0 Å². The van der Waals surface area contributed by atoms with Crippen LogP contribution in [-0.2, 0) is 65.4 Å². The number of phosphoric acid groups is 2. The molecule has 0 rings (SSSR count). The largest absolute Gasteiger partial charge is 0.472 e. The smallest absolute Gasteiger partial charge is 0.462 e. The Kier molecular flexibility index (Phi) is 62.1. The number of carbonyl (C=O) groups excluding carboxylic acids is 4. The van der Waals surface area contributed by atoms with E-state index in [4.69, 9.17) is 37.0 Å². The Bertz CT molecular complexity index is 1720. The van der Waals surface area contributed by atoms with Gasteiger partial charge in [0.2, 0.25) is 0 Å². The zero-order valence-corrected chi connectivity index (χ0v) is 59.4. The topological polar surface area (TPSA) is 237 Å². The molecule has 19 heteroatoms. The molecule has 0 spiro atoms. The van der Waals surface area contributed by atoms with Gasteiger partial charge < -0.3 is 33.8 Å². The Morgan fingerprint density at radius 1 is 0.303 bits per heavy atom. The van der Waals surface area contributed by atoms with E-state index in [-0.39, 0.29) is 25.7 Å². The molecule has 89 heavy (non-hydrogen) atoms. The van der Waals surface area contributed by atoms with Gasteiger partial charge in [-0.05, 0) is 31.6 Å². The first kappa shape index (κ1) is 87.1. The number of rotatable bonds is 70. The van der Waals surface area contributed by atoms with Crippen molar-refractivity contribution in [2.75, 3.05) is 39.6 Å². The minimum atomic E-state index is -4.95. The van der Waals surface area contributed by atoms with Crippen molar-refractivity contribution in [3.05, 3.63) is 0 Å². The maximum Gasteiger partial charge on any atom is 0.472 e. The lowest BCUT2D eigenvalue weighted by atomic mass is 10.0. The molecule has 2 unspecified atom stereocenters. The van der Waals surface area contributed by atoms with Crippen molar-refractivity contribution in [1.82, 2.24) is 0 Å². The van der Waals surface area contributed by atoms with Crippen molar-refractivity contribution in [3.63, 3.8) is 0 Å². The van der Waals surface area contributed by atoms with Gasteiger partial charge in [-0.1, -0.05) is 311 Å². The van der Waals surface area contributed by atoms with Gasteiger partial charge in [0.15, 0.2) is 12.2 Å². The van der Waals surface area contributed by atoms with Gasteiger partial charge in [-0.3, -0.25) is 37.3 Å². The van der Waals surface area contributed by atoms with Gasteiger partial charge in [-0.15, -0.1) is 0 Å². The number of hydrogen-bond donors (Lipinski definition) is 3. The maximum absolute atomic E-state index is 13.0. The maximum atomic E-state index is 13.0. The highest BCUT2D eigenvalue weighted by Gasteiger charge is 2.30. The van der Waals surface area contributed by atoms with Crippen LogP contribution in [0.25, 0.3) is 0 Å². The third kappa shape index (κ3) is 64.6. The second-order valence-corrected chi connectivity index (χ2v) is 28.7. The summed E-state index contributed by atoms with van der Waals surface area (Å²) in [4.78, 5) is 72.4. The summed E-state index contributed by atoms with van der Waals surface area (Å²) in [5.41, 5.74) is 0. The van der Waals surface area contributed by atoms with Crippen LogP contribution in [0.2, 0.25) is 0 Å². The molecule has 0 bridgehead atoms. The van der Waals surface area contributed by atoms with E-state index in [1.165, 1.54) is 186 Å². The molecular formula is C70H136O17P2. The molecule has 0 aliphatic heterocycles. The average molecular weight is 1310 g/mol. The van der Waals surface area contributed by atoms with Gasteiger partial charge in [0.25, 0.3) is 0 Å². The molecule has 0 aromatic carbocycles. The van der Waals surface area contributed by atoms with Crippen LogP contribution in [0.1, 0.15) is 362 Å². The number of hydrogen-bond acceptors (Lipinski definition) is 15. The Balaban J connectivity index is 5.18. The molecule has 0 saturated heterocycles. The van der Waals surface area contributed by atoms with E-state index in [1.807, 2.05) is 0 Å². The van der Waals surface area contributed by atoms with Crippen LogP contribution >= 0.6 is 15.6 Å². The quantitative estimate of drug-likeness (QED) is 0.0222. The predicted molar refractivity (Wildman–Crippen MR) is 358 cm³/mol. The molecule has 3 N–H and O–H groups in total. The lowest BCUT2D eigenvalue weighted by Gasteiger charge is -2.21. The summed E-state index contributed by atoms with van der Waals surface area (Å²) < 4.78 is 68.2. The minimum absolute atomic E-state index is 0.102. The predicted octanol–water partition coefficient (Wildman–Crippen LogP) is 20.1. The van der Waals surface area contributed by atoms with Gasteiger partial charge in [-0.25, -0.2) is 9.13 Å². The number of aliphatic hydroxyl groups excluding tert-OH is 1. The van der Waals surface area contributed by atoms with Crippen LogP contribution < -0.4 is 0 Å². The van der Waals surface area contributed by atoms with Gasteiger partial charge in [0.1, 0.15) is 19.3 Å². The molecule has 0 aliphatic carbocycles. The SMILES string of the molecule is CCCCCCCCCCCCCCCCCCCCCC(=O)O[C@H](COC(=O)CCCCCCCCCCCCCC)COP(=O)(O)OC[C@@H](O)COP(=O)(O)OC[C@@H](COC(=O)CCCCCCCCCCC)OC(=O)CCCCCCCCC(C)C. The summed E-state index contributed by atoms with van der Waals surface area (Å²) >= 11 is 0. The zero-order valence-electron chi connectivity index (χ0n) is 57.6. The number of unbranched alkanes of at least 4 members (excludes halogenated alkanes) is 42. The van der Waals surface area contributed by atoms with Crippen molar-refractivity contribution < 1.29 is 80.2 Å². The van der Waals surface area contributed by atoms with Crippen LogP contribution in [0, 0.1) is 5.92 Å². The third-order valence-corrected chi connectivity index (χ3v) is 18.2. The van der Waals surface area contributed by atoms with Crippen molar-refractivity contribution in [1.29, 1.82) is 0 Å². The summed E-state index contributed by atoms with van der Waals surface area (Å²) in [6.07, 6.45) is 50.2. The molecule has 0 aliphatic rings. The molecule has 528 valence electrons. The summed E-state index contributed by atoms with van der Waals surface area (Å²) in [6.45, 7) is 7.14. The summed E-state index contributed by atoms with van der Waals surface area (Å²) in [7, 11) is -9.89. The Hall–Kier alpha value is -1.94. The third-order valence-electron chi connectivity index (χ3n) is 16.3. The Morgan fingerprint density at radius 3 is 0.764 bits per heavy atom. The second kappa shape index (κ2) is 63.5. The lowest BCUT2D eigenvalue weighted by molar-refractivity contribution is -0.161. The number of carbonyl (C=O) groups is 4. The molecule has 0 saturated carbocycles. The highest BCUT2D eigenvalue weighted by Crippen LogP contribution is 2.45. The van der Waals surface area contributed by atoms with Crippen LogP contribution in [0.15, 0.2) is 0 Å². The van der Waals surface area contributed by atoms with E-state index in [9.17, 15) is 43.2 Å². The minimum Gasteiger partial charge on any atom is -0.462 e. The highest BCUT2D eigenvalue weighted by molar-refractivity contribution is 7.47. The Morgan fingerprint density at radius 2 is 0.517 bits per heavy atom. The van der Waals surface area contributed by atoms with E-state index in [2.05, 4.69) is 34.6 Å². The monoisotopic (exact) mass is 1310 g/mol. The van der Waals surface area contributed by atoms with E-state index in [1.54, 1.807) is 0 Å². The summed E-state index contributed by atoms with van der Waals surface area (Å²) in [5, 5.41) is 10.6. The first-order valence-corrected chi connectivity index (χ1v) is 39.6. The number of aliphatic hydroxyl groups is 1. The van der Waals surface area contributed by atoms with Gasteiger partial charge in [0, 0.05) is 25.7 Å². The van der Waals surface area contributed by atoms with E-state index >= 15 is 0 Å². The van der Waals surface area contributed by atoms with Crippen LogP contribution in [0.5, 0.6) is 0 Å². The van der Waals surface area contributed by atoms with Crippen molar-refractivity contribution >= 4 is 39.5 Å². The fourth-order valence-electron chi connectivity index (χ4n) is 10.6. The number of phosphoric ester groups is 2. The first-order chi connectivity index (χ1) is 43.0. The second-order valence-electron chi connectivity index (χ2n) is 25.7. The highest BCUT2D eigenvalue weighted by atomic mass is 31.2. The molecule has 0 amide bonds. The van der Waals surface area contributed by atoms with Crippen molar-refractivity contribution in [2.45, 2.75) is 380 Å². The fourth-order valence-corrected chi connectivity index (χ4v) is 12.2. The molecule has 0 heterocycles. The van der Waals surface area contributed by atoms with E-state index in [0.29, 0.717) is 31.6 Å².